The minimum absolute atomic E-state index is 0.0396. The standard InChI is InChI=1S/C17H22N2O6/c1-11-7-8-19(9-12-5-3-2-4-6-12)17(10-18-11)24-15(22)13(20)14(21)16(23)25-17/h2-6,11,13-14,18,20-21H,7-10H2,1H3/t11-,13?,14?,17?/m1/s1. The van der Waals surface area contributed by atoms with Crippen LogP contribution in [0.1, 0.15) is 18.9 Å². The van der Waals surface area contributed by atoms with Gasteiger partial charge in [-0.1, -0.05) is 30.3 Å². The minimum Gasteiger partial charge on any atom is -0.405 e. The van der Waals surface area contributed by atoms with Crippen molar-refractivity contribution >= 4 is 11.9 Å². The summed E-state index contributed by atoms with van der Waals surface area (Å²) in [6, 6.07) is 9.62. The van der Waals surface area contributed by atoms with Gasteiger partial charge in [-0.3, -0.25) is 0 Å². The lowest BCUT2D eigenvalue weighted by Gasteiger charge is -2.39. The number of benzene rings is 1. The van der Waals surface area contributed by atoms with E-state index in [9.17, 15) is 19.8 Å². The van der Waals surface area contributed by atoms with E-state index < -0.39 is 30.1 Å². The quantitative estimate of drug-likeness (QED) is 0.604. The molecule has 0 aromatic heterocycles. The van der Waals surface area contributed by atoms with E-state index >= 15 is 0 Å². The first-order chi connectivity index (χ1) is 11.9. The van der Waals surface area contributed by atoms with Gasteiger partial charge in [-0.25, -0.2) is 14.5 Å². The Kier molecular flexibility index (Phi) is 5.05. The third kappa shape index (κ3) is 3.67. The molecule has 2 fully saturated rings. The van der Waals surface area contributed by atoms with E-state index in [0.29, 0.717) is 13.1 Å². The molecular formula is C17H22N2O6. The molecule has 1 aromatic rings. The third-order valence-corrected chi connectivity index (χ3v) is 4.51. The van der Waals surface area contributed by atoms with Crippen molar-refractivity contribution in [2.75, 3.05) is 13.1 Å². The van der Waals surface area contributed by atoms with Gasteiger partial charge in [0.05, 0.1) is 6.54 Å². The molecule has 2 heterocycles. The van der Waals surface area contributed by atoms with Gasteiger partial charge < -0.3 is 25.0 Å². The third-order valence-electron chi connectivity index (χ3n) is 4.51. The van der Waals surface area contributed by atoms with Crippen molar-refractivity contribution in [3.05, 3.63) is 35.9 Å². The molecule has 3 atom stereocenters. The maximum Gasteiger partial charge on any atom is 0.342 e. The van der Waals surface area contributed by atoms with Gasteiger partial charge in [-0.05, 0) is 18.9 Å². The molecule has 0 amide bonds. The Morgan fingerprint density at radius 1 is 1.16 bits per heavy atom. The molecular weight excluding hydrogens is 328 g/mol. The smallest absolute Gasteiger partial charge is 0.342 e. The number of aliphatic hydroxyl groups is 2. The lowest BCUT2D eigenvalue weighted by molar-refractivity contribution is -0.282. The fourth-order valence-electron chi connectivity index (χ4n) is 2.96. The van der Waals surface area contributed by atoms with Gasteiger partial charge in [0.25, 0.3) is 0 Å². The highest BCUT2D eigenvalue weighted by Gasteiger charge is 2.52. The zero-order valence-electron chi connectivity index (χ0n) is 13.9. The predicted octanol–water partition coefficient (Wildman–Crippen LogP) is -0.654. The second-order valence-corrected chi connectivity index (χ2v) is 6.42. The van der Waals surface area contributed by atoms with Crippen LogP contribution in [0.15, 0.2) is 30.3 Å². The topological polar surface area (TPSA) is 108 Å². The van der Waals surface area contributed by atoms with Crippen molar-refractivity contribution in [3.63, 3.8) is 0 Å². The van der Waals surface area contributed by atoms with Gasteiger partial charge in [0.15, 0.2) is 12.2 Å². The monoisotopic (exact) mass is 350 g/mol. The highest BCUT2D eigenvalue weighted by molar-refractivity contribution is 5.87. The van der Waals surface area contributed by atoms with Crippen LogP contribution in [0.5, 0.6) is 0 Å². The van der Waals surface area contributed by atoms with E-state index in [-0.39, 0.29) is 12.6 Å². The Morgan fingerprint density at radius 2 is 1.76 bits per heavy atom. The molecule has 0 radical (unpaired) electrons. The molecule has 2 aliphatic heterocycles. The Bertz CT molecular complexity index is 615. The summed E-state index contributed by atoms with van der Waals surface area (Å²) in [6.45, 7) is 2.89. The maximum absolute atomic E-state index is 12.1. The zero-order valence-corrected chi connectivity index (χ0v) is 13.9. The first kappa shape index (κ1) is 17.8. The molecule has 0 saturated carbocycles. The summed E-state index contributed by atoms with van der Waals surface area (Å²) in [5, 5.41) is 22.6. The first-order valence-corrected chi connectivity index (χ1v) is 8.25. The number of rotatable bonds is 2. The normalized spacial score (nSPS) is 34.1. The summed E-state index contributed by atoms with van der Waals surface area (Å²) < 4.78 is 10.8. The van der Waals surface area contributed by atoms with Crippen LogP contribution in [0.2, 0.25) is 0 Å². The van der Waals surface area contributed by atoms with Gasteiger partial charge in [-0.15, -0.1) is 0 Å². The molecule has 3 N–H and O–H groups in total. The van der Waals surface area contributed by atoms with Crippen molar-refractivity contribution in [2.24, 2.45) is 0 Å². The fraction of sp³-hybridized carbons (Fsp3) is 0.529. The minimum atomic E-state index is -1.97. The van der Waals surface area contributed by atoms with E-state index in [2.05, 4.69) is 5.32 Å². The van der Waals surface area contributed by atoms with E-state index in [1.807, 2.05) is 37.3 Å². The van der Waals surface area contributed by atoms with E-state index in [1.165, 1.54) is 0 Å². The number of esters is 2. The first-order valence-electron chi connectivity index (χ1n) is 8.25. The summed E-state index contributed by atoms with van der Waals surface area (Å²) in [7, 11) is 0. The number of ether oxygens (including phenoxy) is 2. The lowest BCUT2D eigenvalue weighted by Crippen LogP contribution is -2.58. The summed E-state index contributed by atoms with van der Waals surface area (Å²) in [5.74, 6) is -3.90. The van der Waals surface area contributed by atoms with Crippen LogP contribution in [-0.2, 0) is 25.6 Å². The number of carbonyl (C=O) groups excluding carboxylic acids is 2. The van der Waals surface area contributed by atoms with Crippen LogP contribution in [0.4, 0.5) is 0 Å². The molecule has 0 bridgehead atoms. The number of nitrogens with zero attached hydrogens (tertiary/aromatic N) is 1. The highest BCUT2D eigenvalue weighted by Crippen LogP contribution is 2.29. The van der Waals surface area contributed by atoms with Gasteiger partial charge >= 0.3 is 17.8 Å². The summed E-state index contributed by atoms with van der Waals surface area (Å²) in [6.07, 6.45) is -3.19. The summed E-state index contributed by atoms with van der Waals surface area (Å²) in [5.41, 5.74) is 0.953. The number of carbonyl (C=O) groups is 2. The Labute approximate surface area is 145 Å². The van der Waals surface area contributed by atoms with Crippen LogP contribution in [-0.4, -0.2) is 64.3 Å². The zero-order chi connectivity index (χ0) is 18.0. The average Bonchev–Trinajstić information content (AvgIpc) is 2.79. The van der Waals surface area contributed by atoms with Crippen LogP contribution in [0, 0.1) is 0 Å². The highest BCUT2D eigenvalue weighted by atomic mass is 16.8. The average molecular weight is 350 g/mol. The molecule has 0 aliphatic carbocycles. The van der Waals surface area contributed by atoms with Crippen LogP contribution < -0.4 is 5.32 Å². The van der Waals surface area contributed by atoms with Crippen molar-refractivity contribution in [1.82, 2.24) is 10.2 Å². The summed E-state index contributed by atoms with van der Waals surface area (Å²) in [4.78, 5) is 26.0. The van der Waals surface area contributed by atoms with Gasteiger partial charge in [-0.2, -0.15) is 0 Å². The Balaban J connectivity index is 1.94. The van der Waals surface area contributed by atoms with Crippen LogP contribution in [0.3, 0.4) is 0 Å². The predicted molar refractivity (Wildman–Crippen MR) is 85.9 cm³/mol. The molecule has 2 saturated heterocycles. The second kappa shape index (κ2) is 7.09. The number of hydrogen-bond donors (Lipinski definition) is 3. The van der Waals surface area contributed by atoms with Crippen molar-refractivity contribution < 1.29 is 29.3 Å². The Morgan fingerprint density at radius 3 is 2.36 bits per heavy atom. The molecule has 2 aliphatic rings. The van der Waals surface area contributed by atoms with E-state index in [4.69, 9.17) is 9.47 Å². The maximum atomic E-state index is 12.1. The summed E-state index contributed by atoms with van der Waals surface area (Å²) >= 11 is 0. The van der Waals surface area contributed by atoms with Gasteiger partial charge in [0.1, 0.15) is 0 Å². The second-order valence-electron chi connectivity index (χ2n) is 6.42. The number of hydrogen-bond acceptors (Lipinski definition) is 8. The number of aliphatic hydroxyl groups excluding tert-OH is 2. The Hall–Kier alpha value is -2.00. The van der Waals surface area contributed by atoms with Crippen LogP contribution >= 0.6 is 0 Å². The molecule has 8 heteroatoms. The molecule has 136 valence electrons. The molecule has 1 aromatic carbocycles. The van der Waals surface area contributed by atoms with E-state index in [1.54, 1.807) is 4.90 Å². The largest absolute Gasteiger partial charge is 0.405 e. The van der Waals surface area contributed by atoms with Crippen molar-refractivity contribution in [3.8, 4) is 0 Å². The number of nitrogens with one attached hydrogen (secondary N) is 1. The molecule has 8 nitrogen and oxygen atoms in total. The van der Waals surface area contributed by atoms with Gasteiger partial charge in [0.2, 0.25) is 0 Å². The fourth-order valence-corrected chi connectivity index (χ4v) is 2.96. The SMILES string of the molecule is C[C@@H]1CCN(Cc2ccccc2)C2(CN1)OC(=O)C(O)C(O)C(=O)O2. The molecule has 2 unspecified atom stereocenters. The molecule has 3 rings (SSSR count). The molecule has 1 spiro atoms. The van der Waals surface area contributed by atoms with E-state index in [0.717, 1.165) is 12.0 Å². The lowest BCUT2D eigenvalue weighted by atomic mass is 10.2. The van der Waals surface area contributed by atoms with Gasteiger partial charge in [0, 0.05) is 19.1 Å². The van der Waals surface area contributed by atoms with Crippen LogP contribution in [0.25, 0.3) is 0 Å². The molecule has 25 heavy (non-hydrogen) atoms. The van der Waals surface area contributed by atoms with Crippen molar-refractivity contribution in [1.29, 1.82) is 0 Å². The van der Waals surface area contributed by atoms with Crippen molar-refractivity contribution in [2.45, 2.75) is 44.1 Å².